The molecule has 4 heteroatoms. The van der Waals surface area contributed by atoms with E-state index in [1.54, 1.807) is 6.20 Å². The Morgan fingerprint density at radius 3 is 2.56 bits per heavy atom. The molecule has 2 rings (SSSR count). The number of anilines is 1. The number of hydrogen-bond acceptors (Lipinski definition) is 1. The van der Waals surface area contributed by atoms with Gasteiger partial charge in [0.1, 0.15) is 0 Å². The molecule has 1 aliphatic rings. The molecule has 0 atom stereocenters. The number of allylic oxidation sites excluding steroid dienone is 1. The van der Waals surface area contributed by atoms with Crippen LogP contribution < -0.4 is 4.90 Å². The van der Waals surface area contributed by atoms with Crippen LogP contribution in [0.1, 0.15) is 12.8 Å². The summed E-state index contributed by atoms with van der Waals surface area (Å²) in [5.41, 5.74) is 0.774. The predicted octanol–water partition coefficient (Wildman–Crippen LogP) is 3.50. The van der Waals surface area contributed by atoms with Crippen molar-refractivity contribution in [1.82, 2.24) is 0 Å². The van der Waals surface area contributed by atoms with Gasteiger partial charge in [-0.3, -0.25) is 9.69 Å². The second kappa shape index (κ2) is 4.48. The quantitative estimate of drug-likeness (QED) is 0.704. The first-order chi connectivity index (χ1) is 7.61. The van der Waals surface area contributed by atoms with Crippen molar-refractivity contribution >= 4 is 34.8 Å². The summed E-state index contributed by atoms with van der Waals surface area (Å²) in [5.74, 6) is -0.296. The summed E-state index contributed by atoms with van der Waals surface area (Å²) >= 11 is 12.0. The highest BCUT2D eigenvalue weighted by atomic mass is 35.5. The molecule has 0 aromatic heterocycles. The zero-order chi connectivity index (χ0) is 11.6. The lowest BCUT2D eigenvalue weighted by atomic mass is 10.2. The fourth-order valence-electron chi connectivity index (χ4n) is 1.59. The van der Waals surface area contributed by atoms with Gasteiger partial charge in [-0.25, -0.2) is 0 Å². The highest BCUT2D eigenvalue weighted by molar-refractivity contribution is 6.59. The molecular formula is C12H11Cl2NO. The number of carbonyl (C=O) groups is 1. The molecule has 0 unspecified atom stereocenters. The molecule has 1 amide bonds. The van der Waals surface area contributed by atoms with Crippen LogP contribution in [0.5, 0.6) is 0 Å². The van der Waals surface area contributed by atoms with E-state index in [9.17, 15) is 4.79 Å². The molecule has 1 aromatic rings. The molecule has 16 heavy (non-hydrogen) atoms. The number of alkyl halides is 2. The topological polar surface area (TPSA) is 20.3 Å². The maximum Gasteiger partial charge on any atom is 0.267 e. The van der Waals surface area contributed by atoms with Crippen molar-refractivity contribution in [2.24, 2.45) is 0 Å². The minimum atomic E-state index is -1.33. The standard InChI is InChI=1S/C12H11Cl2NO/c13-12(14)8-4-5-9-15(11(12)16)10-6-2-1-3-7-10/h1-3,5-7,9H,4,8H2. The van der Waals surface area contributed by atoms with E-state index < -0.39 is 4.33 Å². The Hall–Kier alpha value is -0.990. The van der Waals surface area contributed by atoms with E-state index in [-0.39, 0.29) is 5.91 Å². The average molecular weight is 256 g/mol. The lowest BCUT2D eigenvalue weighted by Crippen LogP contribution is -2.38. The first-order valence-corrected chi connectivity index (χ1v) is 5.80. The fourth-order valence-corrected chi connectivity index (χ4v) is 1.99. The van der Waals surface area contributed by atoms with Crippen LogP contribution in [0, 0.1) is 0 Å². The van der Waals surface area contributed by atoms with Crippen molar-refractivity contribution in [3.8, 4) is 0 Å². The molecule has 0 spiro atoms. The minimum absolute atomic E-state index is 0.296. The van der Waals surface area contributed by atoms with Crippen LogP contribution in [0.3, 0.4) is 0 Å². The third-order valence-corrected chi connectivity index (χ3v) is 3.15. The summed E-state index contributed by atoms with van der Waals surface area (Å²) in [6, 6.07) is 9.32. The Morgan fingerprint density at radius 1 is 1.19 bits per heavy atom. The number of rotatable bonds is 1. The van der Waals surface area contributed by atoms with Gasteiger partial charge in [0, 0.05) is 11.9 Å². The van der Waals surface area contributed by atoms with Gasteiger partial charge in [-0.15, -0.1) is 0 Å². The normalized spacial score (nSPS) is 19.6. The maximum absolute atomic E-state index is 12.1. The van der Waals surface area contributed by atoms with E-state index in [4.69, 9.17) is 23.2 Å². The Kier molecular flexibility index (Phi) is 3.22. The molecule has 0 saturated heterocycles. The summed E-state index contributed by atoms with van der Waals surface area (Å²) < 4.78 is -1.33. The maximum atomic E-state index is 12.1. The molecule has 1 aromatic carbocycles. The molecule has 1 aliphatic heterocycles. The number of halogens is 2. The zero-order valence-electron chi connectivity index (χ0n) is 8.57. The molecule has 2 nitrogen and oxygen atoms in total. The second-order valence-corrected chi connectivity index (χ2v) is 5.12. The van der Waals surface area contributed by atoms with Gasteiger partial charge in [0.2, 0.25) is 0 Å². The van der Waals surface area contributed by atoms with Crippen LogP contribution in [0.25, 0.3) is 0 Å². The molecule has 0 aliphatic carbocycles. The monoisotopic (exact) mass is 255 g/mol. The average Bonchev–Trinajstić information content (AvgIpc) is 2.41. The molecule has 0 fully saturated rings. The Bertz CT molecular complexity index is 414. The molecule has 0 N–H and O–H groups in total. The largest absolute Gasteiger partial charge is 0.286 e. The van der Waals surface area contributed by atoms with E-state index in [1.807, 2.05) is 36.4 Å². The van der Waals surface area contributed by atoms with Crippen LogP contribution in [0.15, 0.2) is 42.6 Å². The lowest BCUT2D eigenvalue weighted by Gasteiger charge is -2.23. The number of carbonyl (C=O) groups excluding carboxylic acids is 1. The van der Waals surface area contributed by atoms with Gasteiger partial charge in [-0.2, -0.15) is 0 Å². The number of amides is 1. The molecule has 0 bridgehead atoms. The zero-order valence-corrected chi connectivity index (χ0v) is 10.1. The highest BCUT2D eigenvalue weighted by Crippen LogP contribution is 2.33. The third kappa shape index (κ3) is 2.23. The van der Waals surface area contributed by atoms with Crippen molar-refractivity contribution in [3.05, 3.63) is 42.6 Å². The van der Waals surface area contributed by atoms with Gasteiger partial charge < -0.3 is 0 Å². The van der Waals surface area contributed by atoms with E-state index in [1.165, 1.54) is 4.90 Å². The molecule has 0 radical (unpaired) electrons. The van der Waals surface area contributed by atoms with Crippen LogP contribution in [0.2, 0.25) is 0 Å². The number of benzene rings is 1. The molecule has 1 heterocycles. The first-order valence-electron chi connectivity index (χ1n) is 5.04. The van der Waals surface area contributed by atoms with Crippen molar-refractivity contribution in [2.45, 2.75) is 17.2 Å². The van der Waals surface area contributed by atoms with Crippen molar-refractivity contribution in [2.75, 3.05) is 4.90 Å². The molecule has 84 valence electrons. The fraction of sp³-hybridized carbons (Fsp3) is 0.250. The summed E-state index contributed by atoms with van der Waals surface area (Å²) in [4.78, 5) is 13.6. The van der Waals surface area contributed by atoms with Crippen LogP contribution in [-0.4, -0.2) is 10.2 Å². The van der Waals surface area contributed by atoms with Gasteiger partial charge in [0.05, 0.1) is 0 Å². The van der Waals surface area contributed by atoms with E-state index in [2.05, 4.69) is 0 Å². The van der Waals surface area contributed by atoms with Crippen molar-refractivity contribution < 1.29 is 4.79 Å². The van der Waals surface area contributed by atoms with Gasteiger partial charge >= 0.3 is 0 Å². The van der Waals surface area contributed by atoms with E-state index in [0.29, 0.717) is 12.8 Å². The Morgan fingerprint density at radius 2 is 1.88 bits per heavy atom. The van der Waals surface area contributed by atoms with Crippen LogP contribution in [-0.2, 0) is 4.79 Å². The third-order valence-electron chi connectivity index (χ3n) is 2.45. The van der Waals surface area contributed by atoms with Crippen LogP contribution >= 0.6 is 23.2 Å². The lowest BCUT2D eigenvalue weighted by molar-refractivity contribution is -0.118. The van der Waals surface area contributed by atoms with Gasteiger partial charge in [-0.1, -0.05) is 47.5 Å². The summed E-state index contributed by atoms with van der Waals surface area (Å²) in [5, 5.41) is 0. The smallest absolute Gasteiger partial charge is 0.267 e. The molecule has 0 saturated carbocycles. The Labute approximate surface area is 104 Å². The highest BCUT2D eigenvalue weighted by Gasteiger charge is 2.37. The van der Waals surface area contributed by atoms with E-state index >= 15 is 0 Å². The first kappa shape index (κ1) is 11.5. The molecular weight excluding hydrogens is 245 g/mol. The van der Waals surface area contributed by atoms with E-state index in [0.717, 1.165) is 5.69 Å². The summed E-state index contributed by atoms with van der Waals surface area (Å²) in [6.07, 6.45) is 4.76. The van der Waals surface area contributed by atoms with Crippen molar-refractivity contribution in [3.63, 3.8) is 0 Å². The second-order valence-electron chi connectivity index (χ2n) is 3.64. The Balaban J connectivity index is 2.36. The van der Waals surface area contributed by atoms with Crippen LogP contribution in [0.4, 0.5) is 5.69 Å². The number of hydrogen-bond donors (Lipinski definition) is 0. The van der Waals surface area contributed by atoms with Crippen molar-refractivity contribution in [1.29, 1.82) is 0 Å². The minimum Gasteiger partial charge on any atom is -0.286 e. The summed E-state index contributed by atoms with van der Waals surface area (Å²) in [7, 11) is 0. The van der Waals surface area contributed by atoms with Gasteiger partial charge in [0.25, 0.3) is 5.91 Å². The SMILES string of the molecule is O=C1N(c2ccccc2)C=CCCC1(Cl)Cl. The van der Waals surface area contributed by atoms with Gasteiger partial charge in [-0.05, 0) is 25.0 Å². The van der Waals surface area contributed by atoms with Gasteiger partial charge in [0.15, 0.2) is 4.33 Å². The number of para-hydroxylation sites is 1. The predicted molar refractivity (Wildman–Crippen MR) is 66.7 cm³/mol. The number of nitrogens with zero attached hydrogens (tertiary/aromatic N) is 1. The summed E-state index contributed by atoms with van der Waals surface area (Å²) in [6.45, 7) is 0.